The van der Waals surface area contributed by atoms with Crippen molar-refractivity contribution < 1.29 is 4.39 Å². The van der Waals surface area contributed by atoms with Crippen LogP contribution in [0.25, 0.3) is 0 Å². The summed E-state index contributed by atoms with van der Waals surface area (Å²) in [4.78, 5) is 8.75. The van der Waals surface area contributed by atoms with Crippen LogP contribution < -0.4 is 10.6 Å². The zero-order valence-corrected chi connectivity index (χ0v) is 17.6. The van der Waals surface area contributed by atoms with Crippen LogP contribution in [0.15, 0.2) is 46.1 Å². The third-order valence-corrected chi connectivity index (χ3v) is 4.41. The number of rotatable bonds is 4. The molecule has 25 heavy (non-hydrogen) atoms. The molecule has 0 unspecified atom stereocenters. The predicted octanol–water partition coefficient (Wildman–Crippen LogP) is 2.54. The van der Waals surface area contributed by atoms with Crippen LogP contribution in [0, 0.1) is 5.82 Å². The lowest BCUT2D eigenvalue weighted by atomic mass is 10.2. The number of nitrogens with two attached hydrogens (primary N) is 1. The lowest BCUT2D eigenvalue weighted by molar-refractivity contribution is 0.380. The van der Waals surface area contributed by atoms with E-state index < -0.39 is 0 Å². The Kier molecular flexibility index (Phi) is 7.48. The molecule has 1 saturated heterocycles. The van der Waals surface area contributed by atoms with Gasteiger partial charge in [0.15, 0.2) is 5.96 Å². The Bertz CT molecular complexity index is 697. The van der Waals surface area contributed by atoms with Gasteiger partial charge in [-0.2, -0.15) is 5.10 Å². The largest absolute Gasteiger partial charge is 0.370 e. The number of hydrogen-bond acceptors (Lipinski definition) is 3. The molecule has 1 aromatic carbocycles. The molecule has 136 valence electrons. The van der Waals surface area contributed by atoms with Gasteiger partial charge in [-0.25, -0.2) is 4.39 Å². The van der Waals surface area contributed by atoms with Crippen LogP contribution in [-0.2, 0) is 6.54 Å². The molecule has 0 aliphatic carbocycles. The first kappa shape index (κ1) is 20.0. The number of piperazine rings is 1. The molecule has 0 spiro atoms. The van der Waals surface area contributed by atoms with E-state index in [1.165, 1.54) is 12.1 Å². The monoisotopic (exact) mass is 522 g/mol. The summed E-state index contributed by atoms with van der Waals surface area (Å²) < 4.78 is 15.8. The molecular formula is C16H21BrFIN6. The predicted molar refractivity (Wildman–Crippen MR) is 112 cm³/mol. The van der Waals surface area contributed by atoms with Gasteiger partial charge in [0.1, 0.15) is 5.82 Å². The second-order valence-electron chi connectivity index (χ2n) is 5.61. The highest BCUT2D eigenvalue weighted by molar-refractivity contribution is 14.0. The van der Waals surface area contributed by atoms with Crippen LogP contribution in [0.4, 0.5) is 10.1 Å². The Morgan fingerprint density at radius 1 is 1.20 bits per heavy atom. The maximum absolute atomic E-state index is 13.0. The van der Waals surface area contributed by atoms with Crippen LogP contribution in [0.1, 0.15) is 0 Å². The van der Waals surface area contributed by atoms with Gasteiger partial charge in [0, 0.05) is 38.1 Å². The maximum atomic E-state index is 13.0. The van der Waals surface area contributed by atoms with Crippen molar-refractivity contribution in [3.8, 4) is 0 Å². The molecule has 0 bridgehead atoms. The van der Waals surface area contributed by atoms with E-state index >= 15 is 0 Å². The number of halogens is 3. The van der Waals surface area contributed by atoms with Gasteiger partial charge in [-0.15, -0.1) is 24.0 Å². The van der Waals surface area contributed by atoms with Crippen LogP contribution in [0.2, 0.25) is 0 Å². The Labute approximate surface area is 172 Å². The summed E-state index contributed by atoms with van der Waals surface area (Å²) >= 11 is 3.37. The van der Waals surface area contributed by atoms with Crippen molar-refractivity contribution in [2.24, 2.45) is 10.7 Å². The smallest absolute Gasteiger partial charge is 0.191 e. The van der Waals surface area contributed by atoms with E-state index in [9.17, 15) is 4.39 Å². The zero-order chi connectivity index (χ0) is 16.9. The minimum absolute atomic E-state index is 0. The van der Waals surface area contributed by atoms with E-state index in [4.69, 9.17) is 5.73 Å². The van der Waals surface area contributed by atoms with Crippen molar-refractivity contribution in [2.45, 2.75) is 6.54 Å². The van der Waals surface area contributed by atoms with Crippen LogP contribution in [-0.4, -0.2) is 53.4 Å². The standard InChI is InChI=1S/C16H20BrFN6.HI/c17-13-11-21-24(12-13)6-5-20-16(19)23-9-7-22(8-10-23)15-3-1-14(18)2-4-15;/h1-4,11-12H,5-10H2,(H2,19,20);1H. The first-order chi connectivity index (χ1) is 11.6. The molecule has 6 nitrogen and oxygen atoms in total. The average molecular weight is 523 g/mol. The third kappa shape index (κ3) is 5.56. The molecule has 9 heteroatoms. The first-order valence-corrected chi connectivity index (χ1v) is 8.64. The summed E-state index contributed by atoms with van der Waals surface area (Å²) in [7, 11) is 0. The van der Waals surface area contributed by atoms with E-state index in [1.807, 2.05) is 23.0 Å². The molecule has 0 saturated carbocycles. The number of aliphatic imine (C=N–C) groups is 1. The maximum Gasteiger partial charge on any atom is 0.191 e. The molecule has 2 heterocycles. The van der Waals surface area contributed by atoms with Crippen molar-refractivity contribution >= 4 is 51.6 Å². The molecule has 0 amide bonds. The van der Waals surface area contributed by atoms with Crippen molar-refractivity contribution in [3.63, 3.8) is 0 Å². The summed E-state index contributed by atoms with van der Waals surface area (Å²) in [5.41, 5.74) is 7.13. The second-order valence-corrected chi connectivity index (χ2v) is 6.53. The fourth-order valence-electron chi connectivity index (χ4n) is 2.67. The summed E-state index contributed by atoms with van der Waals surface area (Å²) in [6.45, 7) is 4.59. The molecule has 1 aromatic heterocycles. The van der Waals surface area contributed by atoms with Gasteiger partial charge in [-0.05, 0) is 40.2 Å². The molecule has 3 rings (SSSR count). The van der Waals surface area contributed by atoms with E-state index in [0.717, 1.165) is 36.3 Å². The first-order valence-electron chi connectivity index (χ1n) is 7.85. The Morgan fingerprint density at radius 3 is 2.48 bits per heavy atom. The van der Waals surface area contributed by atoms with Crippen molar-refractivity contribution in [1.29, 1.82) is 0 Å². The Hall–Kier alpha value is -1.36. The highest BCUT2D eigenvalue weighted by Gasteiger charge is 2.18. The van der Waals surface area contributed by atoms with E-state index in [0.29, 0.717) is 19.0 Å². The Morgan fingerprint density at radius 2 is 1.88 bits per heavy atom. The number of guanidine groups is 1. The number of anilines is 1. The number of aromatic nitrogens is 2. The summed E-state index contributed by atoms with van der Waals surface area (Å²) in [6, 6.07) is 6.60. The van der Waals surface area contributed by atoms with Gasteiger partial charge in [0.05, 0.1) is 23.8 Å². The quantitative estimate of drug-likeness (QED) is 0.381. The molecule has 2 N–H and O–H groups in total. The van der Waals surface area contributed by atoms with E-state index in [2.05, 4.69) is 35.8 Å². The van der Waals surface area contributed by atoms with Crippen molar-refractivity contribution in [2.75, 3.05) is 37.6 Å². The van der Waals surface area contributed by atoms with Crippen molar-refractivity contribution in [3.05, 3.63) is 46.9 Å². The van der Waals surface area contributed by atoms with Gasteiger partial charge in [-0.3, -0.25) is 9.67 Å². The van der Waals surface area contributed by atoms with Gasteiger partial charge in [-0.1, -0.05) is 0 Å². The lowest BCUT2D eigenvalue weighted by Crippen LogP contribution is -2.51. The Balaban J connectivity index is 0.00000225. The lowest BCUT2D eigenvalue weighted by Gasteiger charge is -2.36. The van der Waals surface area contributed by atoms with Crippen molar-refractivity contribution in [1.82, 2.24) is 14.7 Å². The number of hydrogen-bond donors (Lipinski definition) is 1. The zero-order valence-electron chi connectivity index (χ0n) is 13.7. The van der Waals surface area contributed by atoms with Gasteiger partial charge >= 0.3 is 0 Å². The van der Waals surface area contributed by atoms with Crippen LogP contribution in [0.5, 0.6) is 0 Å². The number of nitrogens with zero attached hydrogens (tertiary/aromatic N) is 5. The molecular weight excluding hydrogens is 502 g/mol. The van der Waals surface area contributed by atoms with Crippen LogP contribution >= 0.6 is 39.9 Å². The molecule has 1 fully saturated rings. The fourth-order valence-corrected chi connectivity index (χ4v) is 3.00. The molecule has 1 aliphatic rings. The normalized spacial score (nSPS) is 15.2. The van der Waals surface area contributed by atoms with Gasteiger partial charge < -0.3 is 15.5 Å². The summed E-state index contributed by atoms with van der Waals surface area (Å²) in [5, 5.41) is 4.19. The molecule has 0 radical (unpaired) electrons. The number of benzene rings is 1. The van der Waals surface area contributed by atoms with Crippen LogP contribution in [0.3, 0.4) is 0 Å². The SMILES string of the molecule is I.NC(=NCCn1cc(Br)cn1)N1CCN(c2ccc(F)cc2)CC1. The fraction of sp³-hybridized carbons (Fsp3) is 0.375. The van der Waals surface area contributed by atoms with Gasteiger partial charge in [0.2, 0.25) is 0 Å². The minimum atomic E-state index is -0.210. The van der Waals surface area contributed by atoms with E-state index in [1.54, 1.807) is 6.20 Å². The molecule has 0 atom stereocenters. The van der Waals surface area contributed by atoms with Gasteiger partial charge in [0.25, 0.3) is 0 Å². The highest BCUT2D eigenvalue weighted by atomic mass is 127. The minimum Gasteiger partial charge on any atom is -0.370 e. The summed E-state index contributed by atoms with van der Waals surface area (Å²) in [6.07, 6.45) is 3.66. The molecule has 2 aromatic rings. The topological polar surface area (TPSA) is 62.7 Å². The highest BCUT2D eigenvalue weighted by Crippen LogP contribution is 2.16. The summed E-state index contributed by atoms with van der Waals surface area (Å²) in [5.74, 6) is 0.359. The van der Waals surface area contributed by atoms with E-state index in [-0.39, 0.29) is 29.8 Å². The third-order valence-electron chi connectivity index (χ3n) is 4.00. The molecule has 1 aliphatic heterocycles. The second kappa shape index (κ2) is 9.37. The average Bonchev–Trinajstić information content (AvgIpc) is 3.01.